The van der Waals surface area contributed by atoms with Crippen molar-refractivity contribution in [3.63, 3.8) is 0 Å². The Kier molecular flexibility index (Phi) is 9.59. The molecular formula is C64H43N3S. The monoisotopic (exact) mass is 885 g/mol. The normalized spacial score (nSPS) is 13.3. The van der Waals surface area contributed by atoms with Crippen LogP contribution in [0, 0.1) is 0 Å². The highest BCUT2D eigenvalue weighted by atomic mass is 32.3. The molecule has 0 saturated heterocycles. The standard InChI is InChI=1S/C64H43N3S/c1-4-17-44(18-5-1)58-43-59-53-26-14-23-49(39-53)45-19-13-22-48(38-45)52-35-36-63-61(42-52)67(60-33-10-11-34-62(60)68(63,56-29-6-2-7-30-56)57-31-8-3-9-32-57)55-28-16-25-51(41-55)47-21-12-20-46(37-47)50-24-15-27-54(40-50)64(65-58)66-59/h1-43H. The predicted octanol–water partition coefficient (Wildman–Crippen LogP) is 17.6. The van der Waals surface area contributed by atoms with Crippen LogP contribution >= 0.6 is 10.0 Å². The van der Waals surface area contributed by atoms with Crippen LogP contribution < -0.4 is 4.90 Å². The van der Waals surface area contributed by atoms with Gasteiger partial charge >= 0.3 is 0 Å². The van der Waals surface area contributed by atoms with Gasteiger partial charge in [0.2, 0.25) is 0 Å². The maximum absolute atomic E-state index is 5.30. The summed E-state index contributed by atoms with van der Waals surface area (Å²) < 4.78 is 0. The number of nitrogens with zero attached hydrogens (tertiary/aromatic N) is 3. The summed E-state index contributed by atoms with van der Waals surface area (Å²) in [6, 6.07) is 95.6. The van der Waals surface area contributed by atoms with E-state index >= 15 is 0 Å². The van der Waals surface area contributed by atoms with Crippen molar-refractivity contribution < 1.29 is 0 Å². The third-order valence-corrected chi connectivity index (χ3v) is 17.4. The first-order chi connectivity index (χ1) is 33.7. The minimum atomic E-state index is -1.96. The van der Waals surface area contributed by atoms with Crippen molar-refractivity contribution in [1.82, 2.24) is 9.97 Å². The summed E-state index contributed by atoms with van der Waals surface area (Å²) >= 11 is 0. The molecule has 0 spiro atoms. The SMILES string of the molecule is c1ccc(-c2cc3nc(n2)-c2cccc(c2)-c2cccc(c2)-c2cccc(c2)N2c4ccccc4S(c4ccccc4)(c4ccccc4)c4ccc(cc42)-c2cccc(c2)-c2cccc-3c2)cc1. The van der Waals surface area contributed by atoms with Crippen molar-refractivity contribution in [2.24, 2.45) is 0 Å². The minimum Gasteiger partial charge on any atom is -0.308 e. The molecule has 3 heterocycles. The second kappa shape index (κ2) is 16.4. The molecule has 1 aromatic heterocycles. The molecule has 3 nitrogen and oxygen atoms in total. The Balaban J connectivity index is 1.09. The van der Waals surface area contributed by atoms with Gasteiger partial charge in [-0.3, -0.25) is 0 Å². The van der Waals surface area contributed by atoms with Crippen molar-refractivity contribution in [3.8, 4) is 78.4 Å². The Labute approximate surface area is 398 Å². The van der Waals surface area contributed by atoms with Crippen LogP contribution in [0.15, 0.2) is 280 Å². The molecule has 0 radical (unpaired) electrons. The Morgan fingerprint density at radius 2 is 0.676 bits per heavy atom. The fraction of sp³-hybridized carbons (Fsp3) is 0. The Morgan fingerprint density at radius 3 is 1.28 bits per heavy atom. The van der Waals surface area contributed by atoms with Crippen LogP contribution in [0.25, 0.3) is 78.4 Å². The number of rotatable bonds is 3. The fourth-order valence-electron chi connectivity index (χ4n) is 10.2. The first-order valence-corrected chi connectivity index (χ1v) is 24.7. The van der Waals surface area contributed by atoms with E-state index in [9.17, 15) is 0 Å². The molecule has 0 saturated carbocycles. The van der Waals surface area contributed by atoms with Gasteiger partial charge in [0.1, 0.15) is 0 Å². The van der Waals surface area contributed by atoms with Crippen molar-refractivity contribution in [3.05, 3.63) is 261 Å². The number of fused-ring (bicyclic) bond motifs is 22. The quantitative estimate of drug-likeness (QED) is 0.177. The average molecular weight is 886 g/mol. The van der Waals surface area contributed by atoms with Crippen LogP contribution in [0.1, 0.15) is 0 Å². The van der Waals surface area contributed by atoms with E-state index < -0.39 is 10.0 Å². The molecule has 320 valence electrons. The van der Waals surface area contributed by atoms with Gasteiger partial charge in [-0.25, -0.2) is 9.97 Å². The summed E-state index contributed by atoms with van der Waals surface area (Å²) in [5, 5.41) is 0. The zero-order valence-electron chi connectivity index (χ0n) is 37.1. The lowest BCUT2D eigenvalue weighted by molar-refractivity contribution is 1.12. The lowest BCUT2D eigenvalue weighted by Gasteiger charge is -2.50. The average Bonchev–Trinajstić information content (AvgIpc) is 3.43. The molecule has 0 atom stereocenters. The van der Waals surface area contributed by atoms with Gasteiger partial charge in [-0.1, -0.05) is 170 Å². The molecule has 4 heteroatoms. The number of benzene rings is 10. The third-order valence-electron chi connectivity index (χ3n) is 13.4. The minimum absolute atomic E-state index is 0.688. The number of hydrogen-bond donors (Lipinski definition) is 0. The molecule has 11 aromatic rings. The van der Waals surface area contributed by atoms with Gasteiger partial charge in [0.05, 0.1) is 22.8 Å². The number of para-hydroxylation sites is 1. The van der Waals surface area contributed by atoms with E-state index in [4.69, 9.17) is 9.97 Å². The Bertz CT molecular complexity index is 3660. The van der Waals surface area contributed by atoms with Crippen molar-refractivity contribution >= 4 is 27.1 Å². The lowest BCUT2D eigenvalue weighted by Crippen LogP contribution is -2.21. The predicted molar refractivity (Wildman–Crippen MR) is 282 cm³/mol. The van der Waals surface area contributed by atoms with Crippen LogP contribution in [0.3, 0.4) is 0 Å². The molecule has 0 amide bonds. The van der Waals surface area contributed by atoms with Gasteiger partial charge in [0.25, 0.3) is 0 Å². The van der Waals surface area contributed by atoms with Gasteiger partial charge in [0.15, 0.2) is 5.82 Å². The largest absolute Gasteiger partial charge is 0.308 e. The molecule has 13 rings (SSSR count). The highest BCUT2D eigenvalue weighted by molar-refractivity contribution is 8.34. The van der Waals surface area contributed by atoms with Gasteiger partial charge < -0.3 is 4.90 Å². The molecule has 2 aliphatic heterocycles. The van der Waals surface area contributed by atoms with Gasteiger partial charge in [0, 0.05) is 42.0 Å². The van der Waals surface area contributed by atoms with Crippen LogP contribution in [-0.4, -0.2) is 9.97 Å². The van der Waals surface area contributed by atoms with E-state index in [2.05, 4.69) is 260 Å². The molecule has 68 heavy (non-hydrogen) atoms. The zero-order valence-corrected chi connectivity index (χ0v) is 37.9. The number of anilines is 3. The molecule has 2 aliphatic rings. The van der Waals surface area contributed by atoms with E-state index in [0.717, 1.165) is 78.3 Å². The van der Waals surface area contributed by atoms with E-state index in [1.807, 2.05) is 6.07 Å². The van der Waals surface area contributed by atoms with Gasteiger partial charge in [-0.15, -0.1) is 10.0 Å². The molecule has 0 fully saturated rings. The molecule has 14 bridgehead atoms. The highest BCUT2D eigenvalue weighted by Crippen LogP contribution is 2.79. The van der Waals surface area contributed by atoms with Crippen molar-refractivity contribution in [1.29, 1.82) is 0 Å². The number of aromatic nitrogens is 2. The maximum Gasteiger partial charge on any atom is 0.160 e. The third kappa shape index (κ3) is 6.68. The van der Waals surface area contributed by atoms with Crippen molar-refractivity contribution in [2.45, 2.75) is 19.6 Å². The van der Waals surface area contributed by atoms with Crippen LogP contribution in [0.2, 0.25) is 0 Å². The van der Waals surface area contributed by atoms with Crippen LogP contribution in [-0.2, 0) is 0 Å². The first-order valence-electron chi connectivity index (χ1n) is 23.1. The molecule has 0 unspecified atom stereocenters. The molecular weight excluding hydrogens is 843 g/mol. The topological polar surface area (TPSA) is 29.0 Å². The molecule has 0 aliphatic carbocycles. The van der Waals surface area contributed by atoms with E-state index in [1.54, 1.807) is 0 Å². The fourth-order valence-corrected chi connectivity index (χ4v) is 14.4. The lowest BCUT2D eigenvalue weighted by atomic mass is 9.96. The molecule has 0 N–H and O–H groups in total. The van der Waals surface area contributed by atoms with Crippen LogP contribution in [0.4, 0.5) is 17.1 Å². The van der Waals surface area contributed by atoms with Crippen molar-refractivity contribution in [2.75, 3.05) is 4.90 Å². The summed E-state index contributed by atoms with van der Waals surface area (Å²) in [6.07, 6.45) is 0. The van der Waals surface area contributed by atoms with Gasteiger partial charge in [-0.2, -0.15) is 0 Å². The first kappa shape index (κ1) is 39.8. The summed E-state index contributed by atoms with van der Waals surface area (Å²) in [5.74, 6) is 0.688. The summed E-state index contributed by atoms with van der Waals surface area (Å²) in [4.78, 5) is 18.3. The second-order valence-corrected chi connectivity index (χ2v) is 20.5. The zero-order chi connectivity index (χ0) is 45.0. The summed E-state index contributed by atoms with van der Waals surface area (Å²) in [5.41, 5.74) is 17.4. The Morgan fingerprint density at radius 1 is 0.265 bits per heavy atom. The van der Waals surface area contributed by atoms with E-state index in [1.165, 1.54) is 31.0 Å². The summed E-state index contributed by atoms with van der Waals surface area (Å²) in [6.45, 7) is 0. The van der Waals surface area contributed by atoms with E-state index in [0.29, 0.717) is 5.82 Å². The smallest absolute Gasteiger partial charge is 0.160 e. The van der Waals surface area contributed by atoms with E-state index in [-0.39, 0.29) is 0 Å². The molecule has 10 aromatic carbocycles. The maximum atomic E-state index is 5.30. The number of hydrogen-bond acceptors (Lipinski definition) is 3. The Hall–Kier alpha value is -8.57. The second-order valence-electron chi connectivity index (χ2n) is 17.4. The summed E-state index contributed by atoms with van der Waals surface area (Å²) in [7, 11) is -1.96. The van der Waals surface area contributed by atoms with Gasteiger partial charge in [-0.05, 0) is 136 Å². The highest BCUT2D eigenvalue weighted by Gasteiger charge is 2.42. The van der Waals surface area contributed by atoms with Crippen LogP contribution in [0.5, 0.6) is 0 Å².